The van der Waals surface area contributed by atoms with Gasteiger partial charge >= 0.3 is 0 Å². The molecule has 0 aliphatic heterocycles. The quantitative estimate of drug-likeness (QED) is 0.693. The van der Waals surface area contributed by atoms with Crippen LogP contribution >= 0.6 is 39.1 Å². The van der Waals surface area contributed by atoms with Crippen LogP contribution in [0, 0.1) is 5.82 Å². The van der Waals surface area contributed by atoms with E-state index in [1.165, 1.54) is 4.57 Å². The van der Waals surface area contributed by atoms with E-state index in [0.717, 1.165) is 16.6 Å². The molecule has 0 spiro atoms. The Labute approximate surface area is 131 Å². The summed E-state index contributed by atoms with van der Waals surface area (Å²) in [6.07, 6.45) is 1.60. The molecule has 0 fully saturated rings. The highest BCUT2D eigenvalue weighted by molar-refractivity contribution is 9.10. The summed E-state index contributed by atoms with van der Waals surface area (Å²) in [5, 5.41) is 0.261. The van der Waals surface area contributed by atoms with Gasteiger partial charge in [0.1, 0.15) is 11.3 Å². The van der Waals surface area contributed by atoms with Gasteiger partial charge in [-0.25, -0.2) is 14.4 Å². The van der Waals surface area contributed by atoms with Crippen molar-refractivity contribution in [3.63, 3.8) is 0 Å². The summed E-state index contributed by atoms with van der Waals surface area (Å²) >= 11 is 15.4. The van der Waals surface area contributed by atoms with E-state index in [2.05, 4.69) is 25.9 Å². The predicted molar refractivity (Wildman–Crippen MR) is 81.0 cm³/mol. The molecule has 2 heterocycles. The van der Waals surface area contributed by atoms with Gasteiger partial charge in [0.25, 0.3) is 0 Å². The summed E-state index contributed by atoms with van der Waals surface area (Å²) in [5.41, 5.74) is 7.31. The van der Waals surface area contributed by atoms with Crippen LogP contribution in [-0.2, 0) is 0 Å². The molecule has 8 heteroatoms. The van der Waals surface area contributed by atoms with E-state index in [0.29, 0.717) is 16.9 Å². The Morgan fingerprint density at radius 1 is 1.20 bits per heavy atom. The third-order valence-electron chi connectivity index (χ3n) is 2.70. The summed E-state index contributed by atoms with van der Waals surface area (Å²) in [5.74, 6) is -0.358. The van der Waals surface area contributed by atoms with Gasteiger partial charge < -0.3 is 5.73 Å². The zero-order chi connectivity index (χ0) is 14.4. The van der Waals surface area contributed by atoms with Gasteiger partial charge in [0.05, 0.1) is 15.7 Å². The average molecular weight is 376 g/mol. The average Bonchev–Trinajstić information content (AvgIpc) is 2.64. The maximum absolute atomic E-state index is 13.3. The first kappa shape index (κ1) is 13.6. The molecule has 0 radical (unpaired) electrons. The van der Waals surface area contributed by atoms with Crippen LogP contribution < -0.4 is 5.73 Å². The molecule has 3 rings (SSSR count). The monoisotopic (exact) mass is 374 g/mol. The molecule has 1 aromatic carbocycles. The van der Waals surface area contributed by atoms with Crippen LogP contribution in [0.1, 0.15) is 0 Å². The molecule has 0 saturated heterocycles. The van der Waals surface area contributed by atoms with Crippen molar-refractivity contribution in [3.05, 3.63) is 44.7 Å². The Kier molecular flexibility index (Phi) is 3.32. The molecule has 0 aliphatic carbocycles. The maximum atomic E-state index is 13.3. The SMILES string of the molecule is Nc1nc2cc(Br)cnc2n1-c1c(Cl)cc(F)cc1Cl. The Morgan fingerprint density at radius 3 is 2.50 bits per heavy atom. The number of hydrogen-bond donors (Lipinski definition) is 1. The van der Waals surface area contributed by atoms with Crippen molar-refractivity contribution in [2.75, 3.05) is 5.73 Å². The Bertz CT molecular complexity index is 811. The number of pyridine rings is 1. The Hall–Kier alpha value is -1.37. The molecular formula is C12H6BrCl2FN4. The van der Waals surface area contributed by atoms with Crippen molar-refractivity contribution in [2.45, 2.75) is 0 Å². The Morgan fingerprint density at radius 2 is 1.85 bits per heavy atom. The third-order valence-corrected chi connectivity index (χ3v) is 3.70. The summed E-state index contributed by atoms with van der Waals surface area (Å²) in [6.45, 7) is 0. The van der Waals surface area contributed by atoms with E-state index < -0.39 is 5.82 Å². The van der Waals surface area contributed by atoms with Crippen molar-refractivity contribution in [1.82, 2.24) is 14.5 Å². The molecule has 0 amide bonds. The Balaban J connectivity index is 2.38. The predicted octanol–water partition coefficient (Wildman–Crippen LogP) is 4.21. The number of fused-ring (bicyclic) bond motifs is 1. The molecule has 2 N–H and O–H groups in total. The number of nitrogens with zero attached hydrogens (tertiary/aromatic N) is 3. The zero-order valence-electron chi connectivity index (χ0n) is 9.74. The minimum absolute atomic E-state index is 0.130. The lowest BCUT2D eigenvalue weighted by atomic mass is 10.3. The summed E-state index contributed by atoms with van der Waals surface area (Å²) in [6, 6.07) is 4.08. The molecule has 4 nitrogen and oxygen atoms in total. The van der Waals surface area contributed by atoms with Gasteiger partial charge in [-0.05, 0) is 34.1 Å². The summed E-state index contributed by atoms with van der Waals surface area (Å²) < 4.78 is 15.5. The molecule has 0 aliphatic rings. The van der Waals surface area contributed by atoms with Crippen molar-refractivity contribution >= 4 is 56.2 Å². The first-order valence-corrected chi connectivity index (χ1v) is 6.96. The number of imidazole rings is 1. The first-order valence-electron chi connectivity index (χ1n) is 5.42. The normalized spacial score (nSPS) is 11.2. The smallest absolute Gasteiger partial charge is 0.207 e. The van der Waals surface area contributed by atoms with E-state index in [-0.39, 0.29) is 16.0 Å². The largest absolute Gasteiger partial charge is 0.369 e. The van der Waals surface area contributed by atoms with Gasteiger partial charge in [-0.3, -0.25) is 4.57 Å². The second kappa shape index (κ2) is 4.87. The highest BCUT2D eigenvalue weighted by Crippen LogP contribution is 2.34. The van der Waals surface area contributed by atoms with Gasteiger partial charge in [-0.15, -0.1) is 0 Å². The fourth-order valence-electron chi connectivity index (χ4n) is 1.93. The number of halogens is 4. The van der Waals surface area contributed by atoms with Crippen LogP contribution in [0.4, 0.5) is 10.3 Å². The number of nitrogens with two attached hydrogens (primary N) is 1. The standard InChI is InChI=1S/C12H6BrCl2FN4/c13-5-1-9-11(18-4-5)20(12(17)19-9)10-7(14)2-6(16)3-8(10)15/h1-4H,(H2,17,19). The van der Waals surface area contributed by atoms with Crippen LogP contribution in [0.15, 0.2) is 28.9 Å². The van der Waals surface area contributed by atoms with Crippen LogP contribution in [0.5, 0.6) is 0 Å². The van der Waals surface area contributed by atoms with E-state index in [1.54, 1.807) is 12.3 Å². The minimum Gasteiger partial charge on any atom is -0.369 e. The van der Waals surface area contributed by atoms with Gasteiger partial charge in [0.15, 0.2) is 5.65 Å². The molecule has 3 aromatic rings. The minimum atomic E-state index is -0.526. The lowest BCUT2D eigenvalue weighted by Crippen LogP contribution is -2.03. The molecule has 0 atom stereocenters. The van der Waals surface area contributed by atoms with E-state index >= 15 is 0 Å². The number of rotatable bonds is 1. The van der Waals surface area contributed by atoms with Gasteiger partial charge in [-0.1, -0.05) is 23.2 Å². The van der Waals surface area contributed by atoms with E-state index in [1.807, 2.05) is 0 Å². The molecule has 0 bridgehead atoms. The third kappa shape index (κ3) is 2.13. The van der Waals surface area contributed by atoms with Gasteiger partial charge in [0, 0.05) is 10.7 Å². The van der Waals surface area contributed by atoms with Crippen molar-refractivity contribution in [1.29, 1.82) is 0 Å². The molecule has 2 aromatic heterocycles. The van der Waals surface area contributed by atoms with Crippen LogP contribution in [0.2, 0.25) is 10.0 Å². The fraction of sp³-hybridized carbons (Fsp3) is 0. The van der Waals surface area contributed by atoms with Crippen molar-refractivity contribution in [3.8, 4) is 5.69 Å². The van der Waals surface area contributed by atoms with Gasteiger partial charge in [-0.2, -0.15) is 0 Å². The number of hydrogen-bond acceptors (Lipinski definition) is 3. The molecule has 102 valence electrons. The molecule has 0 saturated carbocycles. The van der Waals surface area contributed by atoms with Gasteiger partial charge in [0.2, 0.25) is 5.95 Å². The molecular weight excluding hydrogens is 370 g/mol. The second-order valence-electron chi connectivity index (χ2n) is 4.02. The van der Waals surface area contributed by atoms with Crippen LogP contribution in [0.25, 0.3) is 16.9 Å². The highest BCUT2D eigenvalue weighted by Gasteiger charge is 2.18. The fourth-order valence-corrected chi connectivity index (χ4v) is 2.88. The zero-order valence-corrected chi connectivity index (χ0v) is 12.8. The topological polar surface area (TPSA) is 56.7 Å². The van der Waals surface area contributed by atoms with Crippen LogP contribution in [-0.4, -0.2) is 14.5 Å². The lowest BCUT2D eigenvalue weighted by Gasteiger charge is -2.10. The van der Waals surface area contributed by atoms with E-state index in [4.69, 9.17) is 28.9 Å². The maximum Gasteiger partial charge on any atom is 0.207 e. The first-order chi connectivity index (χ1) is 9.47. The molecule has 0 unspecified atom stereocenters. The second-order valence-corrected chi connectivity index (χ2v) is 5.75. The lowest BCUT2D eigenvalue weighted by molar-refractivity contribution is 0.627. The number of benzene rings is 1. The number of anilines is 1. The number of aromatic nitrogens is 3. The van der Waals surface area contributed by atoms with Crippen molar-refractivity contribution in [2.24, 2.45) is 0 Å². The summed E-state index contributed by atoms with van der Waals surface area (Å²) in [7, 11) is 0. The van der Waals surface area contributed by atoms with E-state index in [9.17, 15) is 4.39 Å². The summed E-state index contributed by atoms with van der Waals surface area (Å²) in [4.78, 5) is 8.44. The molecule has 20 heavy (non-hydrogen) atoms. The number of nitrogen functional groups attached to an aromatic ring is 1. The van der Waals surface area contributed by atoms with Crippen LogP contribution in [0.3, 0.4) is 0 Å². The van der Waals surface area contributed by atoms with Crippen molar-refractivity contribution < 1.29 is 4.39 Å². The highest BCUT2D eigenvalue weighted by atomic mass is 79.9.